The first kappa shape index (κ1) is 15.1. The first-order valence-electron chi connectivity index (χ1n) is 6.69. The number of hydrogen-bond acceptors (Lipinski definition) is 3. The van der Waals surface area contributed by atoms with Crippen molar-refractivity contribution in [3.05, 3.63) is 54.4 Å². The molecule has 0 radical (unpaired) electrons. The zero-order valence-corrected chi connectivity index (χ0v) is 12.0. The summed E-state index contributed by atoms with van der Waals surface area (Å²) < 4.78 is 42.1. The van der Waals surface area contributed by atoms with Gasteiger partial charge < -0.3 is 4.74 Å². The number of fused-ring (bicyclic) bond motifs is 1. The Kier molecular flexibility index (Phi) is 3.55. The van der Waals surface area contributed by atoms with E-state index >= 15 is 0 Å². The first-order valence-corrected chi connectivity index (χ1v) is 6.69. The van der Waals surface area contributed by atoms with Gasteiger partial charge in [-0.2, -0.15) is 0 Å². The van der Waals surface area contributed by atoms with Crippen LogP contribution in [0, 0.1) is 0 Å². The maximum atomic E-state index is 12.2. The standard InChI is InChI=1S/C16H11F3N2O2/c1-10(22)15-14(20-13-4-2-3-9-21(13)15)11-5-7-12(8-6-11)23-16(17,18)19/h2-9H,1H3. The number of rotatable bonds is 3. The maximum absolute atomic E-state index is 12.2. The van der Waals surface area contributed by atoms with Crippen LogP contribution in [0.15, 0.2) is 48.7 Å². The Balaban J connectivity index is 2.06. The summed E-state index contributed by atoms with van der Waals surface area (Å²) in [5, 5.41) is 0. The monoisotopic (exact) mass is 320 g/mol. The van der Waals surface area contributed by atoms with Crippen LogP contribution in [0.5, 0.6) is 5.75 Å². The Morgan fingerprint density at radius 1 is 1.13 bits per heavy atom. The number of carbonyl (C=O) groups is 1. The van der Waals surface area contributed by atoms with E-state index in [2.05, 4.69) is 9.72 Å². The van der Waals surface area contributed by atoms with Crippen LogP contribution in [0.3, 0.4) is 0 Å². The van der Waals surface area contributed by atoms with E-state index in [1.54, 1.807) is 28.8 Å². The van der Waals surface area contributed by atoms with Crippen molar-refractivity contribution in [3.63, 3.8) is 0 Å². The highest BCUT2D eigenvalue weighted by Gasteiger charge is 2.31. The molecule has 0 atom stereocenters. The third-order valence-corrected chi connectivity index (χ3v) is 3.22. The molecule has 0 aliphatic rings. The molecule has 0 unspecified atom stereocenters. The molecule has 2 heterocycles. The summed E-state index contributed by atoms with van der Waals surface area (Å²) in [6.07, 6.45) is -3.03. The Morgan fingerprint density at radius 2 is 1.83 bits per heavy atom. The van der Waals surface area contributed by atoms with Gasteiger partial charge in [-0.1, -0.05) is 6.07 Å². The average Bonchev–Trinajstić information content (AvgIpc) is 2.85. The van der Waals surface area contributed by atoms with Gasteiger partial charge in [0, 0.05) is 18.7 Å². The van der Waals surface area contributed by atoms with Crippen molar-refractivity contribution in [1.29, 1.82) is 0 Å². The SMILES string of the molecule is CC(=O)c1c(-c2ccc(OC(F)(F)F)cc2)nc2ccccn12. The molecule has 23 heavy (non-hydrogen) atoms. The van der Waals surface area contributed by atoms with Crippen LogP contribution < -0.4 is 4.74 Å². The van der Waals surface area contributed by atoms with Gasteiger partial charge in [0.2, 0.25) is 0 Å². The summed E-state index contributed by atoms with van der Waals surface area (Å²) in [5.41, 5.74) is 1.92. The number of pyridine rings is 1. The summed E-state index contributed by atoms with van der Waals surface area (Å²) in [4.78, 5) is 16.3. The fourth-order valence-electron chi connectivity index (χ4n) is 2.35. The van der Waals surface area contributed by atoms with E-state index in [9.17, 15) is 18.0 Å². The van der Waals surface area contributed by atoms with E-state index in [1.807, 2.05) is 0 Å². The molecular formula is C16H11F3N2O2. The Hall–Kier alpha value is -2.83. The predicted molar refractivity (Wildman–Crippen MR) is 77.3 cm³/mol. The van der Waals surface area contributed by atoms with Crippen LogP contribution in [-0.4, -0.2) is 21.5 Å². The predicted octanol–water partition coefficient (Wildman–Crippen LogP) is 4.10. The number of aromatic nitrogens is 2. The molecule has 0 saturated heterocycles. The average molecular weight is 320 g/mol. The molecule has 3 aromatic rings. The first-order chi connectivity index (χ1) is 10.8. The van der Waals surface area contributed by atoms with E-state index in [-0.39, 0.29) is 11.5 Å². The number of alkyl halides is 3. The van der Waals surface area contributed by atoms with E-state index in [0.717, 1.165) is 0 Å². The molecule has 3 rings (SSSR count). The second kappa shape index (κ2) is 5.42. The van der Waals surface area contributed by atoms with Gasteiger partial charge in [0.1, 0.15) is 22.8 Å². The van der Waals surface area contributed by atoms with E-state index < -0.39 is 6.36 Å². The number of nitrogens with zero attached hydrogens (tertiary/aromatic N) is 2. The van der Waals surface area contributed by atoms with Gasteiger partial charge >= 0.3 is 6.36 Å². The molecular weight excluding hydrogens is 309 g/mol. The van der Waals surface area contributed by atoms with Crippen LogP contribution >= 0.6 is 0 Å². The minimum absolute atomic E-state index is 0.186. The zero-order valence-electron chi connectivity index (χ0n) is 12.0. The lowest BCUT2D eigenvalue weighted by Gasteiger charge is -2.09. The largest absolute Gasteiger partial charge is 0.573 e. The van der Waals surface area contributed by atoms with Gasteiger partial charge in [0.15, 0.2) is 5.78 Å². The van der Waals surface area contributed by atoms with Crippen LogP contribution in [0.2, 0.25) is 0 Å². The molecule has 7 heteroatoms. The summed E-state index contributed by atoms with van der Waals surface area (Å²) >= 11 is 0. The zero-order chi connectivity index (χ0) is 16.6. The summed E-state index contributed by atoms with van der Waals surface area (Å²) in [6.45, 7) is 1.42. The lowest BCUT2D eigenvalue weighted by Crippen LogP contribution is -2.16. The van der Waals surface area contributed by atoms with Crippen molar-refractivity contribution in [2.24, 2.45) is 0 Å². The number of imidazole rings is 1. The molecule has 118 valence electrons. The van der Waals surface area contributed by atoms with Crippen LogP contribution in [-0.2, 0) is 0 Å². The highest BCUT2D eigenvalue weighted by atomic mass is 19.4. The topological polar surface area (TPSA) is 43.6 Å². The number of ether oxygens (including phenoxy) is 1. The van der Waals surface area contributed by atoms with Crippen LogP contribution in [0.25, 0.3) is 16.9 Å². The molecule has 0 fully saturated rings. The normalized spacial score (nSPS) is 11.7. The number of ketones is 1. The fraction of sp³-hybridized carbons (Fsp3) is 0.125. The van der Waals surface area contributed by atoms with Crippen molar-refractivity contribution >= 4 is 11.4 Å². The van der Waals surface area contributed by atoms with E-state index in [0.29, 0.717) is 22.6 Å². The van der Waals surface area contributed by atoms with Gasteiger partial charge in [0.05, 0.1) is 0 Å². The quantitative estimate of drug-likeness (QED) is 0.682. The van der Waals surface area contributed by atoms with Crippen molar-refractivity contribution < 1.29 is 22.7 Å². The van der Waals surface area contributed by atoms with Gasteiger partial charge in [-0.05, 0) is 36.4 Å². The smallest absolute Gasteiger partial charge is 0.406 e. The molecule has 2 aromatic heterocycles. The number of carbonyl (C=O) groups excluding carboxylic acids is 1. The van der Waals surface area contributed by atoms with Crippen molar-refractivity contribution in [3.8, 4) is 17.0 Å². The summed E-state index contributed by atoms with van der Waals surface area (Å²) in [6, 6.07) is 10.6. The number of Topliss-reactive ketones (excluding diaryl/α,β-unsaturated/α-hetero) is 1. The van der Waals surface area contributed by atoms with Crippen molar-refractivity contribution in [2.45, 2.75) is 13.3 Å². The minimum Gasteiger partial charge on any atom is -0.406 e. The molecule has 0 aliphatic carbocycles. The van der Waals surface area contributed by atoms with Crippen LogP contribution in [0.4, 0.5) is 13.2 Å². The third kappa shape index (κ3) is 3.03. The van der Waals surface area contributed by atoms with Crippen molar-refractivity contribution in [2.75, 3.05) is 0 Å². The molecule has 4 nitrogen and oxygen atoms in total. The Morgan fingerprint density at radius 3 is 2.43 bits per heavy atom. The number of benzene rings is 1. The molecule has 0 spiro atoms. The maximum Gasteiger partial charge on any atom is 0.573 e. The second-order valence-corrected chi connectivity index (χ2v) is 4.87. The van der Waals surface area contributed by atoms with Crippen LogP contribution in [0.1, 0.15) is 17.4 Å². The highest BCUT2D eigenvalue weighted by Crippen LogP contribution is 2.28. The molecule has 0 N–H and O–H groups in total. The van der Waals surface area contributed by atoms with Gasteiger partial charge in [0.25, 0.3) is 0 Å². The molecule has 0 amide bonds. The fourth-order valence-corrected chi connectivity index (χ4v) is 2.35. The lowest BCUT2D eigenvalue weighted by molar-refractivity contribution is -0.274. The molecule has 0 aliphatic heterocycles. The molecule has 0 bridgehead atoms. The molecule has 1 aromatic carbocycles. The molecule has 0 saturated carbocycles. The van der Waals surface area contributed by atoms with E-state index in [4.69, 9.17) is 0 Å². The highest BCUT2D eigenvalue weighted by molar-refractivity contribution is 5.99. The Bertz CT molecular complexity index is 867. The lowest BCUT2D eigenvalue weighted by atomic mass is 10.1. The van der Waals surface area contributed by atoms with Gasteiger partial charge in [-0.25, -0.2) is 4.98 Å². The van der Waals surface area contributed by atoms with Crippen molar-refractivity contribution in [1.82, 2.24) is 9.38 Å². The van der Waals surface area contributed by atoms with Gasteiger partial charge in [-0.15, -0.1) is 13.2 Å². The van der Waals surface area contributed by atoms with E-state index in [1.165, 1.54) is 31.2 Å². The third-order valence-electron chi connectivity index (χ3n) is 3.22. The minimum atomic E-state index is -4.74. The van der Waals surface area contributed by atoms with Gasteiger partial charge in [-0.3, -0.25) is 9.20 Å². The summed E-state index contributed by atoms with van der Waals surface area (Å²) in [5.74, 6) is -0.510. The second-order valence-electron chi connectivity index (χ2n) is 4.87. The Labute approximate surface area is 129 Å². The summed E-state index contributed by atoms with van der Waals surface area (Å²) in [7, 11) is 0. The number of halogens is 3. The number of hydrogen-bond donors (Lipinski definition) is 0.